The maximum Gasteiger partial charge on any atom is 0.0183 e. The van der Waals surface area contributed by atoms with E-state index in [1.54, 1.807) is 0 Å². The van der Waals surface area contributed by atoms with Gasteiger partial charge in [-0.3, -0.25) is 0 Å². The van der Waals surface area contributed by atoms with Crippen LogP contribution in [0.4, 0.5) is 0 Å². The molecule has 1 heteroatoms. The molecule has 0 saturated heterocycles. The zero-order valence-corrected chi connectivity index (χ0v) is 11.8. The lowest BCUT2D eigenvalue weighted by atomic mass is 10.0. The molecule has 0 aliphatic heterocycles. The molecule has 0 bridgehead atoms. The Bertz CT molecular complexity index is 240. The third-order valence-corrected chi connectivity index (χ3v) is 5.68. The Kier molecular flexibility index (Phi) is 3.11. The Labute approximate surface area is 101 Å². The highest BCUT2D eigenvalue weighted by molar-refractivity contribution is 5.18. The van der Waals surface area contributed by atoms with E-state index in [4.69, 9.17) is 0 Å². The molecule has 0 heterocycles. The van der Waals surface area contributed by atoms with Crippen molar-refractivity contribution in [3.63, 3.8) is 0 Å². The molecule has 94 valence electrons. The van der Waals surface area contributed by atoms with Crippen LogP contribution in [0.5, 0.6) is 0 Å². The van der Waals surface area contributed by atoms with Crippen molar-refractivity contribution in [2.45, 2.75) is 78.8 Å². The van der Waals surface area contributed by atoms with Crippen LogP contribution in [0.15, 0.2) is 0 Å². The van der Waals surface area contributed by atoms with Crippen LogP contribution in [0.25, 0.3) is 0 Å². The van der Waals surface area contributed by atoms with Gasteiger partial charge in [0.25, 0.3) is 0 Å². The molecule has 2 saturated carbocycles. The third kappa shape index (κ3) is 2.03. The Morgan fingerprint density at radius 3 is 2.06 bits per heavy atom. The van der Waals surface area contributed by atoms with Crippen LogP contribution in [-0.2, 0) is 0 Å². The molecule has 2 rings (SSSR count). The minimum Gasteiger partial charge on any atom is -0.310 e. The molecule has 2 aliphatic rings. The quantitative estimate of drug-likeness (QED) is 0.698. The summed E-state index contributed by atoms with van der Waals surface area (Å²) >= 11 is 0. The number of hydrogen-bond donors (Lipinski definition) is 1. The molecule has 2 atom stereocenters. The highest BCUT2D eigenvalue weighted by Crippen LogP contribution is 2.62. The van der Waals surface area contributed by atoms with E-state index < -0.39 is 0 Å². The van der Waals surface area contributed by atoms with Crippen LogP contribution in [0.3, 0.4) is 0 Å². The summed E-state index contributed by atoms with van der Waals surface area (Å²) in [5.74, 6) is 0.951. The summed E-state index contributed by atoms with van der Waals surface area (Å²) in [6, 6.07) is 1.52. The van der Waals surface area contributed by atoms with Gasteiger partial charge in [-0.2, -0.15) is 0 Å². The first-order valence-electron chi connectivity index (χ1n) is 7.12. The summed E-state index contributed by atoms with van der Waals surface area (Å²) < 4.78 is 0. The van der Waals surface area contributed by atoms with Gasteiger partial charge in [0, 0.05) is 12.1 Å². The van der Waals surface area contributed by atoms with E-state index >= 15 is 0 Å². The largest absolute Gasteiger partial charge is 0.310 e. The molecule has 2 aliphatic carbocycles. The van der Waals surface area contributed by atoms with E-state index in [1.165, 1.54) is 32.1 Å². The summed E-state index contributed by atoms with van der Waals surface area (Å²) in [7, 11) is 0. The van der Waals surface area contributed by atoms with Crippen molar-refractivity contribution >= 4 is 0 Å². The van der Waals surface area contributed by atoms with E-state index in [0.29, 0.717) is 10.8 Å². The Balaban J connectivity index is 1.87. The molecule has 0 aromatic heterocycles. The first kappa shape index (κ1) is 12.4. The topological polar surface area (TPSA) is 12.0 Å². The van der Waals surface area contributed by atoms with Gasteiger partial charge >= 0.3 is 0 Å². The van der Waals surface area contributed by atoms with Gasteiger partial charge in [-0.25, -0.2) is 0 Å². The van der Waals surface area contributed by atoms with Crippen LogP contribution >= 0.6 is 0 Å². The maximum absolute atomic E-state index is 3.93. The molecule has 0 aromatic carbocycles. The van der Waals surface area contributed by atoms with Gasteiger partial charge in [-0.05, 0) is 36.0 Å². The zero-order chi connectivity index (χ0) is 12.0. The average molecular weight is 223 g/mol. The SMILES string of the molecule is CC1CCCC(NC2C(C)(C)C2(C)C)CC1. The monoisotopic (exact) mass is 223 g/mol. The molecule has 1 nitrogen and oxygen atoms in total. The molecule has 0 amide bonds. The number of rotatable bonds is 2. The molecule has 0 aromatic rings. The highest BCUT2D eigenvalue weighted by Gasteiger charge is 2.64. The fourth-order valence-corrected chi connectivity index (χ4v) is 3.50. The minimum absolute atomic E-state index is 0.491. The number of nitrogens with one attached hydrogen (secondary N) is 1. The van der Waals surface area contributed by atoms with Gasteiger partial charge in [0.15, 0.2) is 0 Å². The zero-order valence-electron chi connectivity index (χ0n) is 11.8. The van der Waals surface area contributed by atoms with Crippen LogP contribution in [-0.4, -0.2) is 12.1 Å². The van der Waals surface area contributed by atoms with Crippen molar-refractivity contribution < 1.29 is 0 Å². The summed E-state index contributed by atoms with van der Waals surface area (Å²) in [5, 5.41) is 3.93. The van der Waals surface area contributed by atoms with E-state index in [0.717, 1.165) is 18.0 Å². The van der Waals surface area contributed by atoms with Crippen molar-refractivity contribution in [3.8, 4) is 0 Å². The summed E-state index contributed by atoms with van der Waals surface area (Å²) in [6.45, 7) is 12.0. The van der Waals surface area contributed by atoms with Gasteiger partial charge in [0.1, 0.15) is 0 Å². The second-order valence-electron chi connectivity index (χ2n) is 7.35. The first-order chi connectivity index (χ1) is 7.35. The molecular weight excluding hydrogens is 194 g/mol. The molecule has 2 unspecified atom stereocenters. The second kappa shape index (κ2) is 4.01. The van der Waals surface area contributed by atoms with Gasteiger partial charge in [-0.15, -0.1) is 0 Å². The average Bonchev–Trinajstić information content (AvgIpc) is 2.67. The minimum atomic E-state index is 0.491. The van der Waals surface area contributed by atoms with Gasteiger partial charge in [0.2, 0.25) is 0 Å². The van der Waals surface area contributed by atoms with E-state index in [1.807, 2.05) is 0 Å². The van der Waals surface area contributed by atoms with Crippen molar-refractivity contribution in [2.75, 3.05) is 0 Å². The molecular formula is C15H29N. The highest BCUT2D eigenvalue weighted by atomic mass is 15.1. The Morgan fingerprint density at radius 1 is 0.875 bits per heavy atom. The normalized spacial score (nSPS) is 38.1. The fraction of sp³-hybridized carbons (Fsp3) is 1.00. The van der Waals surface area contributed by atoms with Gasteiger partial charge in [-0.1, -0.05) is 47.5 Å². The summed E-state index contributed by atoms with van der Waals surface area (Å²) in [4.78, 5) is 0. The molecule has 1 N–H and O–H groups in total. The van der Waals surface area contributed by atoms with Crippen molar-refractivity contribution in [2.24, 2.45) is 16.7 Å². The van der Waals surface area contributed by atoms with Crippen molar-refractivity contribution in [1.29, 1.82) is 0 Å². The Hall–Kier alpha value is -0.0400. The lowest BCUT2D eigenvalue weighted by Gasteiger charge is -2.18. The molecule has 0 spiro atoms. The van der Waals surface area contributed by atoms with Crippen molar-refractivity contribution in [1.82, 2.24) is 5.32 Å². The third-order valence-electron chi connectivity index (χ3n) is 5.68. The summed E-state index contributed by atoms with van der Waals surface area (Å²) in [5.41, 5.74) is 0.982. The van der Waals surface area contributed by atoms with Crippen molar-refractivity contribution in [3.05, 3.63) is 0 Å². The van der Waals surface area contributed by atoms with Crippen LogP contribution in [0.1, 0.15) is 66.7 Å². The van der Waals surface area contributed by atoms with Crippen LogP contribution < -0.4 is 5.32 Å². The smallest absolute Gasteiger partial charge is 0.0183 e. The molecule has 16 heavy (non-hydrogen) atoms. The van der Waals surface area contributed by atoms with E-state index in [2.05, 4.69) is 39.9 Å². The van der Waals surface area contributed by atoms with E-state index in [9.17, 15) is 0 Å². The lowest BCUT2D eigenvalue weighted by Crippen LogP contribution is -2.33. The second-order valence-corrected chi connectivity index (χ2v) is 7.35. The maximum atomic E-state index is 3.93. The van der Waals surface area contributed by atoms with Gasteiger partial charge < -0.3 is 5.32 Å². The predicted octanol–water partition coefficient (Wildman–Crippen LogP) is 3.98. The van der Waals surface area contributed by atoms with Crippen LogP contribution in [0, 0.1) is 16.7 Å². The fourth-order valence-electron chi connectivity index (χ4n) is 3.50. The van der Waals surface area contributed by atoms with Gasteiger partial charge in [0.05, 0.1) is 0 Å². The molecule has 2 fully saturated rings. The standard InChI is InChI=1S/C15H29N/c1-11-7-6-8-12(10-9-11)16-13-14(2,3)15(13,4)5/h11-13,16H,6-10H2,1-5H3. The lowest BCUT2D eigenvalue weighted by molar-refractivity contribution is 0.414. The Morgan fingerprint density at radius 2 is 1.50 bits per heavy atom. The number of hydrogen-bond acceptors (Lipinski definition) is 1. The predicted molar refractivity (Wildman–Crippen MR) is 70.5 cm³/mol. The first-order valence-corrected chi connectivity index (χ1v) is 7.12. The van der Waals surface area contributed by atoms with E-state index in [-0.39, 0.29) is 0 Å². The summed E-state index contributed by atoms with van der Waals surface area (Å²) in [6.07, 6.45) is 7.07. The molecule has 0 radical (unpaired) electrons. The van der Waals surface area contributed by atoms with Crippen LogP contribution in [0.2, 0.25) is 0 Å².